The molecule has 1 aliphatic rings. The van der Waals surface area contributed by atoms with Gasteiger partial charge >= 0.3 is 0 Å². The van der Waals surface area contributed by atoms with Crippen LogP contribution in [0.25, 0.3) is 22.0 Å². The van der Waals surface area contributed by atoms with Crippen LogP contribution in [0.4, 0.5) is 5.82 Å². The minimum atomic E-state index is 0.670. The van der Waals surface area contributed by atoms with Crippen LogP contribution in [0.3, 0.4) is 0 Å². The van der Waals surface area contributed by atoms with Crippen LogP contribution in [0.1, 0.15) is 24.4 Å². The lowest BCUT2D eigenvalue weighted by molar-refractivity contribution is 0.532. The van der Waals surface area contributed by atoms with Crippen LogP contribution < -0.4 is 4.90 Å². The highest BCUT2D eigenvalue weighted by molar-refractivity contribution is 7.13. The number of anilines is 1. The van der Waals surface area contributed by atoms with Crippen molar-refractivity contribution in [3.05, 3.63) is 35.3 Å². The highest BCUT2D eigenvalue weighted by atomic mass is 32.1. The van der Waals surface area contributed by atoms with Crippen molar-refractivity contribution in [2.24, 2.45) is 0 Å². The zero-order valence-electron chi connectivity index (χ0n) is 13.2. The second-order valence-electron chi connectivity index (χ2n) is 5.78. The summed E-state index contributed by atoms with van der Waals surface area (Å²) in [6.07, 6.45) is 4.43. The monoisotopic (exact) mass is 326 g/mol. The molecule has 0 aromatic carbocycles. The van der Waals surface area contributed by atoms with Gasteiger partial charge in [-0.1, -0.05) is 0 Å². The van der Waals surface area contributed by atoms with Crippen molar-refractivity contribution in [2.75, 3.05) is 18.0 Å². The second kappa shape index (κ2) is 5.77. The maximum atomic E-state index is 5.65. The van der Waals surface area contributed by atoms with E-state index < -0.39 is 0 Å². The topological polar surface area (TPSA) is 55.1 Å². The predicted octanol–water partition coefficient (Wildman–Crippen LogP) is 4.08. The minimum absolute atomic E-state index is 0.670. The summed E-state index contributed by atoms with van der Waals surface area (Å²) in [5, 5.41) is 2.96. The first kappa shape index (κ1) is 14.4. The van der Waals surface area contributed by atoms with Gasteiger partial charge in [0.2, 0.25) is 0 Å². The molecule has 3 aromatic heterocycles. The number of rotatable bonds is 3. The van der Waals surface area contributed by atoms with E-state index in [0.717, 1.165) is 46.6 Å². The Kier molecular flexibility index (Phi) is 3.61. The molecule has 0 amide bonds. The second-order valence-corrected chi connectivity index (χ2v) is 6.64. The van der Waals surface area contributed by atoms with Crippen LogP contribution in [-0.4, -0.2) is 28.0 Å². The Morgan fingerprint density at radius 2 is 1.96 bits per heavy atom. The van der Waals surface area contributed by atoms with Gasteiger partial charge in [-0.15, -0.1) is 11.3 Å². The molecule has 1 aliphatic heterocycles. The van der Waals surface area contributed by atoms with Gasteiger partial charge in [-0.2, -0.15) is 0 Å². The van der Waals surface area contributed by atoms with E-state index in [9.17, 15) is 0 Å². The first-order valence-corrected chi connectivity index (χ1v) is 8.70. The van der Waals surface area contributed by atoms with Crippen LogP contribution in [0.2, 0.25) is 0 Å². The predicted molar refractivity (Wildman–Crippen MR) is 91.8 cm³/mol. The molecule has 0 aliphatic carbocycles. The van der Waals surface area contributed by atoms with E-state index in [1.807, 2.05) is 25.4 Å². The van der Waals surface area contributed by atoms with Crippen molar-refractivity contribution in [3.8, 4) is 22.0 Å². The van der Waals surface area contributed by atoms with Gasteiger partial charge in [-0.3, -0.25) is 0 Å². The van der Waals surface area contributed by atoms with E-state index >= 15 is 0 Å². The summed E-state index contributed by atoms with van der Waals surface area (Å²) in [7, 11) is 0. The average Bonchev–Trinajstić information content (AvgIpc) is 3.28. The number of aromatic nitrogens is 3. The molecule has 6 heteroatoms. The van der Waals surface area contributed by atoms with Crippen LogP contribution in [0.5, 0.6) is 0 Å². The first-order chi connectivity index (χ1) is 11.2. The number of aryl methyl sites for hydroxylation is 2. The fourth-order valence-electron chi connectivity index (χ4n) is 2.93. The van der Waals surface area contributed by atoms with Crippen LogP contribution in [0.15, 0.2) is 28.1 Å². The lowest BCUT2D eigenvalue weighted by Crippen LogP contribution is -2.18. The lowest BCUT2D eigenvalue weighted by atomic mass is 10.3. The van der Waals surface area contributed by atoms with Crippen molar-refractivity contribution >= 4 is 17.2 Å². The molecule has 4 heterocycles. The summed E-state index contributed by atoms with van der Waals surface area (Å²) in [6, 6.07) is 4.19. The highest BCUT2D eigenvalue weighted by Gasteiger charge is 2.16. The summed E-state index contributed by atoms with van der Waals surface area (Å²) < 4.78 is 5.65. The summed E-state index contributed by atoms with van der Waals surface area (Å²) in [4.78, 5) is 15.9. The summed E-state index contributed by atoms with van der Waals surface area (Å²) in [5.74, 6) is 2.49. The van der Waals surface area contributed by atoms with Crippen molar-refractivity contribution in [1.29, 1.82) is 0 Å². The van der Waals surface area contributed by atoms with Gasteiger partial charge in [0.05, 0.1) is 5.69 Å². The molecule has 3 aromatic rings. The third-order valence-corrected chi connectivity index (χ3v) is 4.96. The van der Waals surface area contributed by atoms with E-state index in [4.69, 9.17) is 4.42 Å². The fourth-order valence-corrected chi connectivity index (χ4v) is 3.72. The van der Waals surface area contributed by atoms with Gasteiger partial charge in [0.15, 0.2) is 11.7 Å². The molecular formula is C17H18N4OS. The van der Waals surface area contributed by atoms with Gasteiger partial charge in [0, 0.05) is 37.2 Å². The van der Waals surface area contributed by atoms with E-state index in [-0.39, 0.29) is 0 Å². The molecule has 0 spiro atoms. The average molecular weight is 326 g/mol. The van der Waals surface area contributed by atoms with Crippen molar-refractivity contribution in [2.45, 2.75) is 26.7 Å². The lowest BCUT2D eigenvalue weighted by Gasteiger charge is -2.15. The fraction of sp³-hybridized carbons (Fsp3) is 0.353. The smallest absolute Gasteiger partial charge is 0.192 e. The highest BCUT2D eigenvalue weighted by Crippen LogP contribution is 2.31. The van der Waals surface area contributed by atoms with E-state index in [1.54, 1.807) is 11.3 Å². The van der Waals surface area contributed by atoms with Crippen LogP contribution >= 0.6 is 11.3 Å². The van der Waals surface area contributed by atoms with Crippen molar-refractivity contribution in [1.82, 2.24) is 15.0 Å². The molecule has 0 N–H and O–H groups in total. The molecule has 0 unspecified atom stereocenters. The quantitative estimate of drug-likeness (QED) is 0.726. The minimum Gasteiger partial charge on any atom is -0.439 e. The molecule has 0 radical (unpaired) electrons. The molecule has 0 bridgehead atoms. The van der Waals surface area contributed by atoms with Gasteiger partial charge < -0.3 is 9.32 Å². The molecule has 0 atom stereocenters. The van der Waals surface area contributed by atoms with E-state index in [0.29, 0.717) is 5.89 Å². The van der Waals surface area contributed by atoms with Crippen LogP contribution in [0, 0.1) is 13.8 Å². The molecule has 118 valence electrons. The van der Waals surface area contributed by atoms with Gasteiger partial charge in [-0.25, -0.2) is 15.0 Å². The van der Waals surface area contributed by atoms with Crippen LogP contribution in [-0.2, 0) is 0 Å². The maximum absolute atomic E-state index is 5.65. The molecule has 23 heavy (non-hydrogen) atoms. The van der Waals surface area contributed by atoms with E-state index in [2.05, 4.69) is 32.0 Å². The Hall–Kier alpha value is -2.21. The number of hydrogen-bond acceptors (Lipinski definition) is 6. The number of thiazole rings is 1. The number of nitrogens with zero attached hydrogens (tertiary/aromatic N) is 4. The third-order valence-electron chi connectivity index (χ3n) is 4.07. The molecule has 0 saturated carbocycles. The standard InChI is InChI=1S/C17H18N4OS/c1-11-16(22-12(2)19-11)14-10-23-17(20-14)13-5-6-15(18-9-13)21-7-3-4-8-21/h5-6,9-10H,3-4,7-8H2,1-2H3. The van der Waals surface area contributed by atoms with Gasteiger partial charge in [0.25, 0.3) is 0 Å². The molecule has 1 saturated heterocycles. The largest absolute Gasteiger partial charge is 0.439 e. The maximum Gasteiger partial charge on any atom is 0.192 e. The Morgan fingerprint density at radius 3 is 2.61 bits per heavy atom. The Bertz CT molecular complexity index is 815. The summed E-state index contributed by atoms with van der Waals surface area (Å²) in [6.45, 7) is 6.01. The zero-order chi connectivity index (χ0) is 15.8. The summed E-state index contributed by atoms with van der Waals surface area (Å²) >= 11 is 1.60. The van der Waals surface area contributed by atoms with Crippen molar-refractivity contribution < 1.29 is 4.42 Å². The SMILES string of the molecule is Cc1nc(C)c(-c2csc(-c3ccc(N4CCCC4)nc3)n2)o1. The number of oxazole rings is 1. The Labute approximate surface area is 139 Å². The Balaban J connectivity index is 1.60. The molecule has 1 fully saturated rings. The molecular weight excluding hydrogens is 308 g/mol. The van der Waals surface area contributed by atoms with Gasteiger partial charge in [0.1, 0.15) is 16.5 Å². The van der Waals surface area contributed by atoms with Gasteiger partial charge in [-0.05, 0) is 31.9 Å². The van der Waals surface area contributed by atoms with E-state index in [1.165, 1.54) is 12.8 Å². The first-order valence-electron chi connectivity index (χ1n) is 7.82. The molecule has 4 rings (SSSR count). The molecule has 5 nitrogen and oxygen atoms in total. The third kappa shape index (κ3) is 2.74. The zero-order valence-corrected chi connectivity index (χ0v) is 14.1. The number of pyridine rings is 1. The van der Waals surface area contributed by atoms with Crippen molar-refractivity contribution in [3.63, 3.8) is 0 Å². The summed E-state index contributed by atoms with van der Waals surface area (Å²) in [5.41, 5.74) is 2.76. The Morgan fingerprint density at radius 1 is 1.13 bits per heavy atom. The normalized spacial score (nSPS) is 14.6. The number of hydrogen-bond donors (Lipinski definition) is 0.